The van der Waals surface area contributed by atoms with Gasteiger partial charge in [0.25, 0.3) is 0 Å². The number of hydrogen-bond donors (Lipinski definition) is 0. The van der Waals surface area contributed by atoms with Gasteiger partial charge in [0.15, 0.2) is 0 Å². The second-order valence-electron chi connectivity index (χ2n) is 4.10. The van der Waals surface area contributed by atoms with E-state index in [0.29, 0.717) is 0 Å². The van der Waals surface area contributed by atoms with E-state index in [-0.39, 0.29) is 0 Å². The summed E-state index contributed by atoms with van der Waals surface area (Å²) in [5.41, 5.74) is 2.53. The number of hydrogen-bond acceptors (Lipinski definition) is 3. The lowest BCUT2D eigenvalue weighted by atomic mass is 10.2. The number of ether oxygens (including phenoxy) is 2. The van der Waals surface area contributed by atoms with Crippen molar-refractivity contribution in [3.8, 4) is 0 Å². The van der Waals surface area contributed by atoms with E-state index in [9.17, 15) is 0 Å². The molecule has 5 heteroatoms. The molecule has 0 unspecified atom stereocenters. The van der Waals surface area contributed by atoms with Crippen LogP contribution in [0.15, 0.2) is 0 Å². The fourth-order valence-electron chi connectivity index (χ4n) is 1.84. The average molecular weight is 366 g/mol. The number of nitrogens with zero attached hydrogens (tertiary/aromatic N) is 2. The number of halogens is 1. The van der Waals surface area contributed by atoms with Crippen LogP contribution in [-0.4, -0.2) is 36.7 Å². The zero-order chi connectivity index (χ0) is 13.4. The molecule has 104 valence electrons. The predicted molar refractivity (Wildman–Crippen MR) is 81.0 cm³/mol. The maximum Gasteiger partial charge on any atom is 0.0758 e. The van der Waals surface area contributed by atoms with E-state index in [1.165, 1.54) is 15.0 Å². The molecule has 0 amide bonds. The van der Waals surface area contributed by atoms with Crippen LogP contribution in [0.4, 0.5) is 0 Å². The van der Waals surface area contributed by atoms with Crippen LogP contribution in [0.1, 0.15) is 31.7 Å². The van der Waals surface area contributed by atoms with Crippen LogP contribution >= 0.6 is 22.6 Å². The summed E-state index contributed by atoms with van der Waals surface area (Å²) in [6, 6.07) is 0. The smallest absolute Gasteiger partial charge is 0.0758 e. The van der Waals surface area contributed by atoms with Crippen LogP contribution in [0.2, 0.25) is 0 Å². The minimum absolute atomic E-state index is 0.720. The lowest BCUT2D eigenvalue weighted by Crippen LogP contribution is -2.11. The Kier molecular flexibility index (Phi) is 7.85. The van der Waals surface area contributed by atoms with Gasteiger partial charge >= 0.3 is 0 Å². The lowest BCUT2D eigenvalue weighted by molar-refractivity contribution is 0.0956. The van der Waals surface area contributed by atoms with Crippen molar-refractivity contribution in [1.29, 1.82) is 0 Å². The summed E-state index contributed by atoms with van der Waals surface area (Å²) in [5.74, 6) is 0. The zero-order valence-electron chi connectivity index (χ0n) is 11.5. The predicted octanol–water partition coefficient (Wildman–Crippen LogP) is 2.67. The molecule has 1 rings (SSSR count). The molecule has 1 aromatic heterocycles. The maximum atomic E-state index is 5.58. The van der Waals surface area contributed by atoms with Gasteiger partial charge in [0.1, 0.15) is 0 Å². The quantitative estimate of drug-likeness (QED) is 0.498. The van der Waals surface area contributed by atoms with E-state index < -0.39 is 0 Å². The van der Waals surface area contributed by atoms with Gasteiger partial charge < -0.3 is 9.47 Å². The molecule has 0 saturated heterocycles. The van der Waals surface area contributed by atoms with Crippen molar-refractivity contribution in [2.75, 3.05) is 26.9 Å². The lowest BCUT2D eigenvalue weighted by Gasteiger charge is -2.07. The van der Waals surface area contributed by atoms with Crippen LogP contribution in [-0.2, 0) is 28.9 Å². The van der Waals surface area contributed by atoms with E-state index in [0.717, 1.165) is 45.6 Å². The minimum Gasteiger partial charge on any atom is -0.385 e. The van der Waals surface area contributed by atoms with Crippen LogP contribution in [0.5, 0.6) is 0 Å². The second kappa shape index (κ2) is 8.87. The van der Waals surface area contributed by atoms with E-state index >= 15 is 0 Å². The Balaban J connectivity index is 2.41. The number of aromatic nitrogens is 2. The summed E-state index contributed by atoms with van der Waals surface area (Å²) in [4.78, 5) is 0. The molecule has 0 atom stereocenters. The summed E-state index contributed by atoms with van der Waals surface area (Å²) in [6.45, 7) is 7.40. The molecule has 0 aliphatic heterocycles. The van der Waals surface area contributed by atoms with E-state index in [2.05, 4.69) is 46.2 Å². The largest absolute Gasteiger partial charge is 0.385 e. The molecule has 0 saturated carbocycles. The summed E-state index contributed by atoms with van der Waals surface area (Å²) >= 11 is 2.40. The molecule has 1 heterocycles. The van der Waals surface area contributed by atoms with Crippen molar-refractivity contribution in [3.05, 3.63) is 15.0 Å². The molecule has 0 radical (unpaired) electrons. The van der Waals surface area contributed by atoms with Crippen molar-refractivity contribution in [2.45, 2.75) is 39.7 Å². The summed E-state index contributed by atoms with van der Waals surface area (Å²) in [6.07, 6.45) is 2.97. The molecule has 0 fully saturated rings. The average Bonchev–Trinajstić information content (AvgIpc) is 2.69. The standard InChI is InChI=1S/C13H23IN2O2/c1-4-11-13(14)12(5-2)16(15-11)7-10-18-9-6-8-17-3/h4-10H2,1-3H3. The Hall–Kier alpha value is -0.140. The van der Waals surface area contributed by atoms with Gasteiger partial charge in [-0.1, -0.05) is 13.8 Å². The van der Waals surface area contributed by atoms with Gasteiger partial charge in [0, 0.05) is 20.3 Å². The highest BCUT2D eigenvalue weighted by atomic mass is 127. The minimum atomic E-state index is 0.720. The van der Waals surface area contributed by atoms with Crippen LogP contribution in [0.3, 0.4) is 0 Å². The Bertz CT molecular complexity index is 353. The van der Waals surface area contributed by atoms with Gasteiger partial charge in [0.2, 0.25) is 0 Å². The Morgan fingerprint density at radius 2 is 1.94 bits per heavy atom. The summed E-state index contributed by atoms with van der Waals surface area (Å²) in [5, 5.41) is 4.64. The molecule has 0 aliphatic carbocycles. The molecular formula is C13H23IN2O2. The summed E-state index contributed by atoms with van der Waals surface area (Å²) < 4.78 is 14.0. The van der Waals surface area contributed by atoms with Crippen molar-refractivity contribution in [3.63, 3.8) is 0 Å². The molecule has 1 aromatic rings. The SMILES string of the molecule is CCc1nn(CCOCCCOC)c(CC)c1I. The molecule has 0 N–H and O–H groups in total. The molecular weight excluding hydrogens is 343 g/mol. The van der Waals surface area contributed by atoms with Gasteiger partial charge in [-0.2, -0.15) is 5.10 Å². The third-order valence-corrected chi connectivity index (χ3v) is 4.06. The third kappa shape index (κ3) is 4.51. The van der Waals surface area contributed by atoms with Crippen molar-refractivity contribution in [2.24, 2.45) is 0 Å². The van der Waals surface area contributed by atoms with Gasteiger partial charge in [-0.05, 0) is 41.9 Å². The van der Waals surface area contributed by atoms with Gasteiger partial charge in [-0.3, -0.25) is 4.68 Å². The number of rotatable bonds is 9. The molecule has 4 nitrogen and oxygen atoms in total. The summed E-state index contributed by atoms with van der Waals surface area (Å²) in [7, 11) is 1.71. The second-order valence-corrected chi connectivity index (χ2v) is 5.18. The normalized spacial score (nSPS) is 11.1. The van der Waals surface area contributed by atoms with E-state index in [4.69, 9.17) is 9.47 Å². The van der Waals surface area contributed by atoms with Crippen molar-refractivity contribution in [1.82, 2.24) is 9.78 Å². The number of methoxy groups -OCH3 is 1. The third-order valence-electron chi connectivity index (χ3n) is 2.81. The van der Waals surface area contributed by atoms with Crippen molar-refractivity contribution >= 4 is 22.6 Å². The Morgan fingerprint density at radius 3 is 2.56 bits per heavy atom. The van der Waals surface area contributed by atoms with Crippen LogP contribution in [0, 0.1) is 3.57 Å². The molecule has 0 bridgehead atoms. The van der Waals surface area contributed by atoms with Gasteiger partial charge in [0.05, 0.1) is 28.1 Å². The topological polar surface area (TPSA) is 36.3 Å². The Morgan fingerprint density at radius 1 is 1.17 bits per heavy atom. The van der Waals surface area contributed by atoms with E-state index in [1.54, 1.807) is 7.11 Å². The first kappa shape index (κ1) is 15.9. The fourth-order valence-corrected chi connectivity index (χ4v) is 2.99. The van der Waals surface area contributed by atoms with Gasteiger partial charge in [-0.25, -0.2) is 0 Å². The van der Waals surface area contributed by atoms with Gasteiger partial charge in [-0.15, -0.1) is 0 Å². The fraction of sp³-hybridized carbons (Fsp3) is 0.769. The highest BCUT2D eigenvalue weighted by Crippen LogP contribution is 2.18. The Labute approximate surface area is 123 Å². The monoisotopic (exact) mass is 366 g/mol. The molecule has 0 aromatic carbocycles. The molecule has 18 heavy (non-hydrogen) atoms. The number of aryl methyl sites for hydroxylation is 1. The highest BCUT2D eigenvalue weighted by Gasteiger charge is 2.12. The van der Waals surface area contributed by atoms with E-state index in [1.807, 2.05) is 0 Å². The van der Waals surface area contributed by atoms with Crippen LogP contribution in [0.25, 0.3) is 0 Å². The molecule has 0 spiro atoms. The van der Waals surface area contributed by atoms with Crippen LogP contribution < -0.4 is 0 Å². The first-order valence-electron chi connectivity index (χ1n) is 6.55. The molecule has 0 aliphatic rings. The first-order chi connectivity index (χ1) is 8.74. The van der Waals surface area contributed by atoms with Crippen molar-refractivity contribution < 1.29 is 9.47 Å². The maximum absolute atomic E-state index is 5.58. The highest BCUT2D eigenvalue weighted by molar-refractivity contribution is 14.1. The zero-order valence-corrected chi connectivity index (χ0v) is 13.7. The first-order valence-corrected chi connectivity index (χ1v) is 7.63.